The zero-order chi connectivity index (χ0) is 19.2. The molecule has 1 aromatic carbocycles. The SMILES string of the molecule is Cc1c(CN2C[C@@H]3COCC[C@]3(C(=O)O)C2)c(=O)n(-c2ccccc2)n1C. The molecule has 0 spiro atoms. The van der Waals surface area contributed by atoms with Crippen LogP contribution in [0.2, 0.25) is 0 Å². The number of aliphatic carboxylic acids is 1. The maximum Gasteiger partial charge on any atom is 0.311 e. The van der Waals surface area contributed by atoms with E-state index < -0.39 is 11.4 Å². The van der Waals surface area contributed by atoms with Crippen molar-refractivity contribution in [1.82, 2.24) is 14.3 Å². The van der Waals surface area contributed by atoms with Crippen LogP contribution < -0.4 is 5.56 Å². The average molecular weight is 371 g/mol. The zero-order valence-electron chi connectivity index (χ0n) is 15.7. The first kappa shape index (κ1) is 18.0. The highest BCUT2D eigenvalue weighted by Gasteiger charge is 2.53. The number of carbonyl (C=O) groups is 1. The molecule has 2 aliphatic rings. The van der Waals surface area contributed by atoms with Gasteiger partial charge in [0.25, 0.3) is 5.56 Å². The summed E-state index contributed by atoms with van der Waals surface area (Å²) in [4.78, 5) is 27.2. The van der Waals surface area contributed by atoms with Gasteiger partial charge in [0.05, 0.1) is 23.3 Å². The lowest BCUT2D eigenvalue weighted by Gasteiger charge is -2.34. The Balaban J connectivity index is 1.65. The molecule has 7 nitrogen and oxygen atoms in total. The number of carboxylic acid groups (broad SMARTS) is 1. The Morgan fingerprint density at radius 2 is 2.07 bits per heavy atom. The van der Waals surface area contributed by atoms with E-state index in [1.54, 1.807) is 4.68 Å². The predicted molar refractivity (Wildman–Crippen MR) is 100 cm³/mol. The third kappa shape index (κ3) is 2.82. The number of ether oxygens (including phenoxy) is 1. The fraction of sp³-hybridized carbons (Fsp3) is 0.500. The molecular weight excluding hydrogens is 346 g/mol. The van der Waals surface area contributed by atoms with Crippen LogP contribution >= 0.6 is 0 Å². The first-order valence-electron chi connectivity index (χ1n) is 9.30. The molecule has 27 heavy (non-hydrogen) atoms. The van der Waals surface area contributed by atoms with Gasteiger partial charge in [-0.1, -0.05) is 18.2 Å². The molecule has 4 rings (SSSR count). The smallest absolute Gasteiger partial charge is 0.311 e. The van der Waals surface area contributed by atoms with Crippen molar-refractivity contribution in [1.29, 1.82) is 0 Å². The van der Waals surface area contributed by atoms with Gasteiger partial charge >= 0.3 is 5.97 Å². The number of benzene rings is 1. The Morgan fingerprint density at radius 3 is 2.74 bits per heavy atom. The molecule has 144 valence electrons. The second-order valence-electron chi connectivity index (χ2n) is 7.69. The van der Waals surface area contributed by atoms with E-state index in [-0.39, 0.29) is 11.5 Å². The number of hydrogen-bond donors (Lipinski definition) is 1. The number of nitrogens with zero attached hydrogens (tertiary/aromatic N) is 3. The van der Waals surface area contributed by atoms with Gasteiger partial charge in [-0.25, -0.2) is 4.68 Å². The van der Waals surface area contributed by atoms with Crippen molar-refractivity contribution in [2.45, 2.75) is 19.9 Å². The van der Waals surface area contributed by atoms with Gasteiger partial charge < -0.3 is 9.84 Å². The second-order valence-corrected chi connectivity index (χ2v) is 7.69. The van der Waals surface area contributed by atoms with E-state index in [1.807, 2.05) is 49.0 Å². The lowest BCUT2D eigenvalue weighted by atomic mass is 9.74. The normalized spacial score (nSPS) is 25.5. The van der Waals surface area contributed by atoms with E-state index in [1.165, 1.54) is 0 Å². The molecule has 2 atom stereocenters. The molecule has 1 aromatic heterocycles. The van der Waals surface area contributed by atoms with Crippen LogP contribution in [0.5, 0.6) is 0 Å². The van der Waals surface area contributed by atoms with Crippen molar-refractivity contribution in [3.05, 3.63) is 51.9 Å². The van der Waals surface area contributed by atoms with E-state index in [0.29, 0.717) is 39.3 Å². The zero-order valence-corrected chi connectivity index (χ0v) is 15.7. The molecule has 0 bridgehead atoms. The molecule has 2 saturated heterocycles. The van der Waals surface area contributed by atoms with E-state index >= 15 is 0 Å². The summed E-state index contributed by atoms with van der Waals surface area (Å²) in [5.74, 6) is -0.770. The lowest BCUT2D eigenvalue weighted by molar-refractivity contribution is -0.157. The maximum absolute atomic E-state index is 13.1. The maximum atomic E-state index is 13.1. The van der Waals surface area contributed by atoms with Crippen molar-refractivity contribution in [2.75, 3.05) is 26.3 Å². The summed E-state index contributed by atoms with van der Waals surface area (Å²) in [6.07, 6.45) is 0.533. The monoisotopic (exact) mass is 371 g/mol. The number of likely N-dealkylation sites (tertiary alicyclic amines) is 1. The average Bonchev–Trinajstić information content (AvgIpc) is 3.14. The van der Waals surface area contributed by atoms with Crippen LogP contribution in [-0.4, -0.2) is 51.6 Å². The number of fused-ring (bicyclic) bond motifs is 1. The Bertz CT molecular complexity index is 917. The van der Waals surface area contributed by atoms with Crippen LogP contribution in [0.3, 0.4) is 0 Å². The van der Waals surface area contributed by atoms with Gasteiger partial charge in [-0.2, -0.15) is 0 Å². The summed E-state index contributed by atoms with van der Waals surface area (Å²) >= 11 is 0. The van der Waals surface area contributed by atoms with Crippen molar-refractivity contribution in [3.63, 3.8) is 0 Å². The van der Waals surface area contributed by atoms with Crippen LogP contribution in [0, 0.1) is 18.3 Å². The molecule has 2 fully saturated rings. The van der Waals surface area contributed by atoms with Gasteiger partial charge in [0.2, 0.25) is 0 Å². The Hall–Kier alpha value is -2.38. The third-order valence-electron chi connectivity index (χ3n) is 6.26. The summed E-state index contributed by atoms with van der Waals surface area (Å²) in [5.41, 5.74) is 1.65. The molecule has 0 aliphatic carbocycles. The lowest BCUT2D eigenvalue weighted by Crippen LogP contribution is -2.44. The van der Waals surface area contributed by atoms with Crippen LogP contribution in [0.15, 0.2) is 35.1 Å². The number of hydrogen-bond acceptors (Lipinski definition) is 4. The molecule has 0 radical (unpaired) electrons. The van der Waals surface area contributed by atoms with Crippen molar-refractivity contribution < 1.29 is 14.6 Å². The van der Waals surface area contributed by atoms with Gasteiger partial charge in [-0.15, -0.1) is 0 Å². The fourth-order valence-corrected chi connectivity index (χ4v) is 4.55. The third-order valence-corrected chi connectivity index (χ3v) is 6.26. The van der Waals surface area contributed by atoms with Crippen LogP contribution in [0.25, 0.3) is 5.69 Å². The van der Waals surface area contributed by atoms with Gasteiger partial charge in [0.15, 0.2) is 0 Å². The quantitative estimate of drug-likeness (QED) is 0.879. The first-order chi connectivity index (χ1) is 12.9. The first-order valence-corrected chi connectivity index (χ1v) is 9.30. The molecule has 2 aliphatic heterocycles. The highest BCUT2D eigenvalue weighted by molar-refractivity contribution is 5.76. The van der Waals surface area contributed by atoms with E-state index in [0.717, 1.165) is 16.9 Å². The summed E-state index contributed by atoms with van der Waals surface area (Å²) in [6.45, 7) is 4.48. The largest absolute Gasteiger partial charge is 0.481 e. The molecule has 0 unspecified atom stereocenters. The summed E-state index contributed by atoms with van der Waals surface area (Å²) in [7, 11) is 1.88. The van der Waals surface area contributed by atoms with Gasteiger partial charge in [0, 0.05) is 44.9 Å². The standard InChI is InChI=1S/C20H25N3O4/c1-14-17(18(24)23(21(14)2)16-6-4-3-5-7-16)11-22-10-15-12-27-9-8-20(15,13-22)19(25)26/h3-7,15H,8-13H2,1-2H3,(H,25,26)/t15-,20+/m1/s1. The molecule has 1 N–H and O–H groups in total. The Morgan fingerprint density at radius 1 is 1.33 bits per heavy atom. The number of para-hydroxylation sites is 1. The summed E-state index contributed by atoms with van der Waals surface area (Å²) < 4.78 is 9.06. The molecular formula is C20H25N3O4. The Kier molecular flexibility index (Phi) is 4.44. The molecule has 2 aromatic rings. The minimum Gasteiger partial charge on any atom is -0.481 e. The number of rotatable bonds is 4. The molecule has 7 heteroatoms. The highest BCUT2D eigenvalue weighted by atomic mass is 16.5. The highest BCUT2D eigenvalue weighted by Crippen LogP contribution is 2.42. The molecule has 3 heterocycles. The topological polar surface area (TPSA) is 76.7 Å². The van der Waals surface area contributed by atoms with Crippen LogP contribution in [-0.2, 0) is 23.1 Å². The van der Waals surface area contributed by atoms with E-state index in [9.17, 15) is 14.7 Å². The van der Waals surface area contributed by atoms with Crippen LogP contribution in [0.1, 0.15) is 17.7 Å². The Labute approximate surface area is 157 Å². The molecule has 0 amide bonds. The predicted octanol–water partition coefficient (Wildman–Crippen LogP) is 1.41. The second kappa shape index (κ2) is 6.65. The van der Waals surface area contributed by atoms with E-state index in [4.69, 9.17) is 4.74 Å². The van der Waals surface area contributed by atoms with Crippen LogP contribution in [0.4, 0.5) is 0 Å². The van der Waals surface area contributed by atoms with Gasteiger partial charge in [-0.3, -0.25) is 19.2 Å². The van der Waals surface area contributed by atoms with Crippen molar-refractivity contribution in [2.24, 2.45) is 18.4 Å². The van der Waals surface area contributed by atoms with E-state index in [2.05, 4.69) is 4.90 Å². The summed E-state index contributed by atoms with van der Waals surface area (Å²) in [6, 6.07) is 9.55. The summed E-state index contributed by atoms with van der Waals surface area (Å²) in [5, 5.41) is 9.84. The minimum absolute atomic E-state index is 0.0240. The van der Waals surface area contributed by atoms with Gasteiger partial charge in [0.1, 0.15) is 0 Å². The van der Waals surface area contributed by atoms with Gasteiger partial charge in [-0.05, 0) is 25.5 Å². The van der Waals surface area contributed by atoms with Crippen molar-refractivity contribution >= 4 is 5.97 Å². The van der Waals surface area contributed by atoms with Crippen molar-refractivity contribution in [3.8, 4) is 5.69 Å². The number of carboxylic acids is 1. The molecule has 0 saturated carbocycles. The minimum atomic E-state index is -0.751. The number of aromatic nitrogens is 2. The fourth-order valence-electron chi connectivity index (χ4n) is 4.55.